The first-order chi connectivity index (χ1) is 8.72. The van der Waals surface area contributed by atoms with Crippen molar-refractivity contribution >= 4 is 5.97 Å². The summed E-state index contributed by atoms with van der Waals surface area (Å²) in [5, 5.41) is 9.08. The molecule has 0 saturated heterocycles. The van der Waals surface area contributed by atoms with Gasteiger partial charge in [-0.05, 0) is 43.7 Å². The Morgan fingerprint density at radius 3 is 3.00 bits per heavy atom. The Kier molecular flexibility index (Phi) is 4.18. The molecule has 2 unspecified atom stereocenters. The van der Waals surface area contributed by atoms with Gasteiger partial charge in [-0.15, -0.1) is 0 Å². The molecule has 1 aromatic heterocycles. The molecule has 2 rings (SSSR count). The maximum absolute atomic E-state index is 11.1. The molecule has 2 atom stereocenters. The number of carbonyl (C=O) groups is 1. The van der Waals surface area contributed by atoms with Crippen molar-refractivity contribution in [1.82, 2.24) is 4.98 Å². The van der Waals surface area contributed by atoms with Gasteiger partial charge in [0.25, 0.3) is 0 Å². The Morgan fingerprint density at radius 2 is 2.28 bits per heavy atom. The van der Waals surface area contributed by atoms with Crippen LogP contribution in [-0.2, 0) is 0 Å². The summed E-state index contributed by atoms with van der Waals surface area (Å²) in [7, 11) is 0. The average molecular weight is 249 g/mol. The summed E-state index contributed by atoms with van der Waals surface area (Å²) in [4.78, 5) is 14.9. The molecule has 1 heterocycles. The van der Waals surface area contributed by atoms with Crippen molar-refractivity contribution < 1.29 is 14.6 Å². The molecule has 1 aliphatic rings. The summed E-state index contributed by atoms with van der Waals surface area (Å²) in [6, 6.07) is 3.41. The van der Waals surface area contributed by atoms with Crippen LogP contribution in [-0.4, -0.2) is 22.2 Å². The van der Waals surface area contributed by atoms with Crippen LogP contribution in [0.3, 0.4) is 0 Å². The lowest BCUT2D eigenvalue weighted by Gasteiger charge is -2.31. The van der Waals surface area contributed by atoms with Gasteiger partial charge in [-0.25, -0.2) is 9.78 Å². The Morgan fingerprint density at radius 1 is 1.50 bits per heavy atom. The molecule has 18 heavy (non-hydrogen) atoms. The number of nitrogens with zero attached hydrogens (tertiary/aromatic N) is 1. The summed E-state index contributed by atoms with van der Waals surface area (Å²) in [6.45, 7) is 2.16. The molecular weight excluding hydrogens is 230 g/mol. The Bertz CT molecular complexity index is 419. The highest BCUT2D eigenvalue weighted by Crippen LogP contribution is 2.31. The van der Waals surface area contributed by atoms with Crippen LogP contribution < -0.4 is 4.74 Å². The van der Waals surface area contributed by atoms with E-state index in [4.69, 9.17) is 9.84 Å². The van der Waals surface area contributed by atoms with E-state index in [-0.39, 0.29) is 11.8 Å². The van der Waals surface area contributed by atoms with E-state index in [9.17, 15) is 4.79 Å². The molecule has 0 aromatic carbocycles. The fourth-order valence-corrected chi connectivity index (χ4v) is 2.61. The van der Waals surface area contributed by atoms with Crippen molar-refractivity contribution in [3.63, 3.8) is 0 Å². The molecule has 1 fully saturated rings. The highest BCUT2D eigenvalue weighted by atomic mass is 16.5. The normalized spacial score (nSPS) is 23.6. The lowest BCUT2D eigenvalue weighted by atomic mass is 9.85. The van der Waals surface area contributed by atoms with E-state index < -0.39 is 5.97 Å². The standard InChI is InChI=1S/C14H19NO3/c1-2-10-6-3-4-7-11(10)18-12-8-5-9-15-13(12)14(16)17/h5,8-11H,2-4,6-7H2,1H3,(H,16,17). The molecule has 1 N–H and O–H groups in total. The van der Waals surface area contributed by atoms with Gasteiger partial charge in [0.05, 0.1) is 0 Å². The van der Waals surface area contributed by atoms with Crippen molar-refractivity contribution in [2.24, 2.45) is 5.92 Å². The third-order valence-corrected chi connectivity index (χ3v) is 3.62. The molecular formula is C14H19NO3. The zero-order valence-corrected chi connectivity index (χ0v) is 10.6. The van der Waals surface area contributed by atoms with Crippen molar-refractivity contribution in [3.05, 3.63) is 24.0 Å². The second-order valence-electron chi connectivity index (χ2n) is 4.76. The molecule has 4 nitrogen and oxygen atoms in total. The zero-order chi connectivity index (χ0) is 13.0. The van der Waals surface area contributed by atoms with E-state index in [1.165, 1.54) is 19.0 Å². The molecule has 0 amide bonds. The summed E-state index contributed by atoms with van der Waals surface area (Å²) >= 11 is 0. The zero-order valence-electron chi connectivity index (χ0n) is 10.6. The molecule has 1 aromatic rings. The van der Waals surface area contributed by atoms with Crippen LogP contribution in [0.5, 0.6) is 5.75 Å². The minimum Gasteiger partial charge on any atom is -0.488 e. The van der Waals surface area contributed by atoms with Crippen LogP contribution in [0.25, 0.3) is 0 Å². The largest absolute Gasteiger partial charge is 0.488 e. The lowest BCUT2D eigenvalue weighted by Crippen LogP contribution is -2.30. The Balaban J connectivity index is 2.15. The van der Waals surface area contributed by atoms with Crippen LogP contribution in [0.2, 0.25) is 0 Å². The SMILES string of the molecule is CCC1CCCCC1Oc1cccnc1C(=O)O. The Hall–Kier alpha value is -1.58. The van der Waals surface area contributed by atoms with Gasteiger partial charge in [-0.1, -0.05) is 13.3 Å². The van der Waals surface area contributed by atoms with E-state index in [0.717, 1.165) is 19.3 Å². The van der Waals surface area contributed by atoms with Crippen molar-refractivity contribution in [2.75, 3.05) is 0 Å². The highest BCUT2D eigenvalue weighted by molar-refractivity contribution is 5.88. The second-order valence-corrected chi connectivity index (χ2v) is 4.76. The maximum atomic E-state index is 11.1. The van der Waals surface area contributed by atoms with Gasteiger partial charge >= 0.3 is 5.97 Å². The smallest absolute Gasteiger partial charge is 0.358 e. The molecule has 0 spiro atoms. The number of aromatic nitrogens is 1. The first-order valence-electron chi connectivity index (χ1n) is 6.57. The molecule has 98 valence electrons. The number of hydrogen-bond acceptors (Lipinski definition) is 3. The minimum atomic E-state index is -1.03. The summed E-state index contributed by atoms with van der Waals surface area (Å²) < 4.78 is 5.91. The molecule has 0 bridgehead atoms. The number of aromatic carboxylic acids is 1. The van der Waals surface area contributed by atoms with Crippen LogP contribution >= 0.6 is 0 Å². The Labute approximate surface area is 107 Å². The van der Waals surface area contributed by atoms with E-state index in [1.54, 1.807) is 12.1 Å². The van der Waals surface area contributed by atoms with Gasteiger partial charge in [0.2, 0.25) is 0 Å². The second kappa shape index (κ2) is 5.85. The summed E-state index contributed by atoms with van der Waals surface area (Å²) in [5.74, 6) is -0.106. The third-order valence-electron chi connectivity index (χ3n) is 3.62. The number of carboxylic acid groups (broad SMARTS) is 1. The number of ether oxygens (including phenoxy) is 1. The highest BCUT2D eigenvalue weighted by Gasteiger charge is 2.26. The number of hydrogen-bond donors (Lipinski definition) is 1. The lowest BCUT2D eigenvalue weighted by molar-refractivity contribution is 0.0655. The predicted molar refractivity (Wildman–Crippen MR) is 67.9 cm³/mol. The number of pyridine rings is 1. The van der Waals surface area contributed by atoms with Crippen LogP contribution in [0.1, 0.15) is 49.5 Å². The van der Waals surface area contributed by atoms with Gasteiger partial charge in [-0.2, -0.15) is 0 Å². The maximum Gasteiger partial charge on any atom is 0.358 e. The first-order valence-corrected chi connectivity index (χ1v) is 6.57. The van der Waals surface area contributed by atoms with Crippen molar-refractivity contribution in [3.8, 4) is 5.75 Å². The third kappa shape index (κ3) is 2.81. The van der Waals surface area contributed by atoms with Gasteiger partial charge < -0.3 is 9.84 Å². The van der Waals surface area contributed by atoms with Crippen LogP contribution in [0, 0.1) is 5.92 Å². The minimum absolute atomic E-state index is 0.0120. The summed E-state index contributed by atoms with van der Waals surface area (Å²) in [5.41, 5.74) is 0.0120. The number of carboxylic acids is 1. The molecule has 0 aliphatic heterocycles. The van der Waals surface area contributed by atoms with Crippen molar-refractivity contribution in [1.29, 1.82) is 0 Å². The summed E-state index contributed by atoms with van der Waals surface area (Å²) in [6.07, 6.45) is 7.27. The number of rotatable bonds is 4. The van der Waals surface area contributed by atoms with E-state index >= 15 is 0 Å². The predicted octanol–water partition coefficient (Wildman–Crippen LogP) is 3.13. The van der Waals surface area contributed by atoms with Gasteiger partial charge in [0.1, 0.15) is 6.10 Å². The van der Waals surface area contributed by atoms with E-state index in [0.29, 0.717) is 11.7 Å². The first kappa shape index (κ1) is 12.9. The van der Waals surface area contributed by atoms with E-state index in [2.05, 4.69) is 11.9 Å². The van der Waals surface area contributed by atoms with Gasteiger partial charge in [0.15, 0.2) is 11.4 Å². The van der Waals surface area contributed by atoms with E-state index in [1.807, 2.05) is 0 Å². The average Bonchev–Trinajstić information content (AvgIpc) is 2.40. The fourth-order valence-electron chi connectivity index (χ4n) is 2.61. The van der Waals surface area contributed by atoms with Crippen LogP contribution in [0.4, 0.5) is 0 Å². The van der Waals surface area contributed by atoms with Crippen molar-refractivity contribution in [2.45, 2.75) is 45.1 Å². The van der Waals surface area contributed by atoms with Gasteiger partial charge in [-0.3, -0.25) is 0 Å². The molecule has 1 aliphatic carbocycles. The fraction of sp³-hybridized carbons (Fsp3) is 0.571. The molecule has 0 radical (unpaired) electrons. The quantitative estimate of drug-likeness (QED) is 0.890. The topological polar surface area (TPSA) is 59.4 Å². The molecule has 4 heteroatoms. The van der Waals surface area contributed by atoms with Crippen LogP contribution in [0.15, 0.2) is 18.3 Å². The monoisotopic (exact) mass is 249 g/mol. The molecule has 1 saturated carbocycles. The van der Waals surface area contributed by atoms with Gasteiger partial charge in [0, 0.05) is 6.20 Å².